The zero-order valence-electron chi connectivity index (χ0n) is 9.55. The van der Waals surface area contributed by atoms with Crippen LogP contribution in [-0.4, -0.2) is 38.4 Å². The molecule has 0 saturated heterocycles. The van der Waals surface area contributed by atoms with Crippen LogP contribution < -0.4 is 15.0 Å². The van der Waals surface area contributed by atoms with E-state index in [1.165, 1.54) is 16.9 Å². The van der Waals surface area contributed by atoms with Gasteiger partial charge in [0.25, 0.3) is 0 Å². The topological polar surface area (TPSA) is 6.48 Å². The number of hydrogen-bond acceptors (Lipinski definition) is 2. The van der Waals surface area contributed by atoms with Crippen LogP contribution in [0.4, 0.5) is 11.4 Å². The summed E-state index contributed by atoms with van der Waals surface area (Å²) in [6.45, 7) is 2.13. The summed E-state index contributed by atoms with van der Waals surface area (Å²) in [6.07, 6.45) is 0. The molecule has 0 aliphatic carbocycles. The lowest BCUT2D eigenvalue weighted by Crippen LogP contribution is -2.21. The van der Waals surface area contributed by atoms with E-state index in [1.54, 1.807) is 0 Å². The van der Waals surface area contributed by atoms with E-state index in [-0.39, 0.29) is 0 Å². The third-order valence-electron chi connectivity index (χ3n) is 2.34. The van der Waals surface area contributed by atoms with Gasteiger partial charge in [-0.2, -0.15) is 0 Å². The van der Waals surface area contributed by atoms with Gasteiger partial charge in [0, 0.05) is 28.2 Å². The molecule has 0 bridgehead atoms. The molecule has 1 aromatic rings. The predicted molar refractivity (Wildman–Crippen MR) is 65.2 cm³/mol. The molecule has 0 heterocycles. The Hall–Kier alpha value is -0.963. The molecule has 3 radical (unpaired) electrons. The van der Waals surface area contributed by atoms with Crippen molar-refractivity contribution < 1.29 is 0 Å². The summed E-state index contributed by atoms with van der Waals surface area (Å²) in [5.41, 5.74) is 3.79. The highest BCUT2D eigenvalue weighted by molar-refractivity contribution is 6.34. The van der Waals surface area contributed by atoms with Gasteiger partial charge >= 0.3 is 0 Å². The molecule has 0 amide bonds. The number of benzene rings is 1. The Labute approximate surface area is 89.9 Å². The molecule has 0 unspecified atom stereocenters. The first-order valence-corrected chi connectivity index (χ1v) is 5.15. The van der Waals surface area contributed by atoms with Gasteiger partial charge in [-0.05, 0) is 18.6 Å². The van der Waals surface area contributed by atoms with Crippen molar-refractivity contribution in [3.05, 3.63) is 17.7 Å². The number of nitrogens with zero attached hydrogens (tertiary/aromatic N) is 2. The van der Waals surface area contributed by atoms with Gasteiger partial charge in [-0.3, -0.25) is 0 Å². The maximum atomic E-state index is 3.60. The molecule has 1 rings (SSSR count). The van der Waals surface area contributed by atoms with Crippen LogP contribution in [0.5, 0.6) is 0 Å². The fraction of sp³-hybridized carbons (Fsp3) is 0.455. The van der Waals surface area contributed by atoms with Gasteiger partial charge in [0.1, 0.15) is 0 Å². The van der Waals surface area contributed by atoms with Gasteiger partial charge in [-0.15, -0.1) is 0 Å². The highest BCUT2D eigenvalue weighted by Gasteiger charge is 2.10. The molecule has 0 atom stereocenters. The smallest absolute Gasteiger partial charge is 0.0716 e. The first-order chi connectivity index (χ1) is 6.45. The summed E-state index contributed by atoms with van der Waals surface area (Å²) < 4.78 is 0. The summed E-state index contributed by atoms with van der Waals surface area (Å²) in [5, 5.41) is 1.15. The van der Waals surface area contributed by atoms with E-state index in [9.17, 15) is 0 Å². The molecule has 0 fully saturated rings. The minimum Gasteiger partial charge on any atom is -0.376 e. The van der Waals surface area contributed by atoms with Crippen molar-refractivity contribution in [1.29, 1.82) is 0 Å². The quantitative estimate of drug-likeness (QED) is 0.663. The maximum absolute atomic E-state index is 3.60. The molecule has 0 N–H and O–H groups in total. The molecule has 0 spiro atoms. The van der Waals surface area contributed by atoms with Crippen molar-refractivity contribution >= 4 is 26.8 Å². The van der Waals surface area contributed by atoms with E-state index in [2.05, 4.69) is 67.3 Å². The average molecular weight is 205 g/mol. The van der Waals surface area contributed by atoms with Crippen molar-refractivity contribution in [3.63, 3.8) is 0 Å². The standard InChI is InChI=1S/C11H17N2Si/c1-8-10(14)7-6-9(12(2)3)11(8)13(4)5/h6-7H,1-5H3. The Bertz CT molecular complexity index is 332. The van der Waals surface area contributed by atoms with E-state index < -0.39 is 0 Å². The van der Waals surface area contributed by atoms with Gasteiger partial charge in [0.2, 0.25) is 0 Å². The Morgan fingerprint density at radius 3 is 2.00 bits per heavy atom. The normalized spacial score (nSPS) is 10.1. The van der Waals surface area contributed by atoms with Crippen LogP contribution in [0.1, 0.15) is 5.56 Å². The molecular weight excluding hydrogens is 188 g/mol. The lowest BCUT2D eigenvalue weighted by Gasteiger charge is -2.25. The van der Waals surface area contributed by atoms with Crippen LogP contribution in [-0.2, 0) is 0 Å². The molecule has 0 aromatic heterocycles. The lowest BCUT2D eigenvalue weighted by atomic mass is 10.1. The fourth-order valence-corrected chi connectivity index (χ4v) is 1.81. The van der Waals surface area contributed by atoms with Gasteiger partial charge in [0.15, 0.2) is 0 Å². The minimum atomic E-state index is 1.15. The summed E-state index contributed by atoms with van der Waals surface area (Å²) in [7, 11) is 11.9. The third-order valence-corrected chi connectivity index (χ3v) is 2.88. The monoisotopic (exact) mass is 205 g/mol. The zero-order chi connectivity index (χ0) is 10.9. The van der Waals surface area contributed by atoms with Crippen LogP contribution in [0.25, 0.3) is 0 Å². The molecule has 0 aliphatic rings. The SMILES string of the molecule is Cc1c([Si])ccc(N(C)C)c1N(C)C. The van der Waals surface area contributed by atoms with Gasteiger partial charge in [0.05, 0.1) is 21.6 Å². The second kappa shape index (κ2) is 4.05. The largest absolute Gasteiger partial charge is 0.376 e. The van der Waals surface area contributed by atoms with Crippen LogP contribution >= 0.6 is 0 Å². The van der Waals surface area contributed by atoms with Gasteiger partial charge in [-0.1, -0.05) is 11.3 Å². The molecule has 75 valence electrons. The third kappa shape index (κ3) is 1.92. The predicted octanol–water partition coefficient (Wildman–Crippen LogP) is 0.921. The highest BCUT2D eigenvalue weighted by Crippen LogP contribution is 2.28. The number of hydrogen-bond donors (Lipinski definition) is 0. The van der Waals surface area contributed by atoms with Crippen molar-refractivity contribution in [2.45, 2.75) is 6.92 Å². The van der Waals surface area contributed by atoms with Crippen molar-refractivity contribution in [3.8, 4) is 0 Å². The molecule has 2 nitrogen and oxygen atoms in total. The van der Waals surface area contributed by atoms with Crippen molar-refractivity contribution in [1.82, 2.24) is 0 Å². The van der Waals surface area contributed by atoms with Crippen LogP contribution in [0.2, 0.25) is 0 Å². The summed E-state index contributed by atoms with van der Waals surface area (Å²) >= 11 is 0. The fourth-order valence-electron chi connectivity index (χ4n) is 1.61. The Morgan fingerprint density at radius 1 is 1.00 bits per heavy atom. The van der Waals surface area contributed by atoms with E-state index >= 15 is 0 Å². The zero-order valence-corrected chi connectivity index (χ0v) is 10.5. The van der Waals surface area contributed by atoms with Crippen molar-refractivity contribution in [2.75, 3.05) is 38.0 Å². The van der Waals surface area contributed by atoms with Crippen LogP contribution in [0.3, 0.4) is 0 Å². The molecule has 14 heavy (non-hydrogen) atoms. The van der Waals surface area contributed by atoms with E-state index in [0.29, 0.717) is 0 Å². The Morgan fingerprint density at radius 2 is 1.57 bits per heavy atom. The summed E-state index contributed by atoms with van der Waals surface area (Å²) in [4.78, 5) is 4.28. The van der Waals surface area contributed by atoms with E-state index in [0.717, 1.165) is 5.19 Å². The molecular formula is C11H17N2Si. The van der Waals surface area contributed by atoms with Crippen molar-refractivity contribution in [2.24, 2.45) is 0 Å². The molecule has 0 saturated carbocycles. The van der Waals surface area contributed by atoms with Gasteiger partial charge < -0.3 is 9.80 Å². The van der Waals surface area contributed by atoms with Gasteiger partial charge in [-0.25, -0.2) is 0 Å². The highest BCUT2D eigenvalue weighted by atomic mass is 28.1. The average Bonchev–Trinajstić information content (AvgIpc) is 2.08. The minimum absolute atomic E-state index is 1.15. The molecule has 1 aromatic carbocycles. The maximum Gasteiger partial charge on any atom is 0.0716 e. The second-order valence-electron chi connectivity index (χ2n) is 3.89. The van der Waals surface area contributed by atoms with Crippen LogP contribution in [0.15, 0.2) is 12.1 Å². The molecule has 0 aliphatic heterocycles. The first-order valence-electron chi connectivity index (χ1n) is 4.65. The van der Waals surface area contributed by atoms with E-state index in [4.69, 9.17) is 0 Å². The summed E-state index contributed by atoms with van der Waals surface area (Å²) in [5.74, 6) is 0. The Kier molecular flexibility index (Phi) is 3.21. The molecule has 3 heteroatoms. The first kappa shape index (κ1) is 11.1. The lowest BCUT2D eigenvalue weighted by molar-refractivity contribution is 1.07. The number of anilines is 2. The summed E-state index contributed by atoms with van der Waals surface area (Å²) in [6, 6.07) is 4.22. The second-order valence-corrected chi connectivity index (χ2v) is 4.43. The van der Waals surface area contributed by atoms with Crippen LogP contribution in [0, 0.1) is 6.92 Å². The van der Waals surface area contributed by atoms with E-state index in [1.807, 2.05) is 0 Å². The number of rotatable bonds is 2. The Balaban J connectivity index is 3.38.